The monoisotopic (exact) mass is 193 g/mol. The summed E-state index contributed by atoms with van der Waals surface area (Å²) in [5, 5.41) is 9.36. The van der Waals surface area contributed by atoms with Crippen molar-refractivity contribution in [1.29, 1.82) is 5.26 Å². The van der Waals surface area contributed by atoms with Gasteiger partial charge in [0, 0.05) is 0 Å². The quantitative estimate of drug-likeness (QED) is 0.720. The summed E-state index contributed by atoms with van der Waals surface area (Å²) in [6.45, 7) is 2.14. The average molecular weight is 194 g/mol. The van der Waals surface area contributed by atoms with Crippen LogP contribution in [0.25, 0.3) is 0 Å². The van der Waals surface area contributed by atoms with Crippen LogP contribution in [0, 0.1) is 11.3 Å². The number of halogens is 1. The molecule has 0 aromatic heterocycles. The molecule has 0 bridgehead atoms. The highest BCUT2D eigenvalue weighted by atomic mass is 35.5. The molecule has 1 aromatic rings. The van der Waals surface area contributed by atoms with E-state index in [1.54, 1.807) is 6.07 Å². The lowest BCUT2D eigenvalue weighted by Gasteiger charge is -2.03. The molecular weight excluding hydrogens is 182 g/mol. The van der Waals surface area contributed by atoms with E-state index in [1.165, 1.54) is 0 Å². The van der Waals surface area contributed by atoms with Crippen LogP contribution in [0.15, 0.2) is 18.2 Å². The fourth-order valence-corrected chi connectivity index (χ4v) is 1.49. The molecule has 0 saturated carbocycles. The molecule has 0 radical (unpaired) electrons. The Bertz CT molecular complexity index is 325. The Labute approximate surface area is 84.0 Å². The van der Waals surface area contributed by atoms with Crippen LogP contribution in [0.3, 0.4) is 0 Å². The molecule has 2 heteroatoms. The highest BCUT2D eigenvalue weighted by Gasteiger charge is 2.03. The SMILES string of the molecule is CCCCc1cccc(C#N)c1Cl. The maximum Gasteiger partial charge on any atom is 0.101 e. The van der Waals surface area contributed by atoms with Gasteiger partial charge in [-0.3, -0.25) is 0 Å². The van der Waals surface area contributed by atoms with Gasteiger partial charge in [0.15, 0.2) is 0 Å². The molecule has 0 atom stereocenters. The zero-order valence-corrected chi connectivity index (χ0v) is 8.43. The number of nitriles is 1. The van der Waals surface area contributed by atoms with Gasteiger partial charge < -0.3 is 0 Å². The molecule has 0 aliphatic rings. The number of nitrogens with zero attached hydrogens (tertiary/aromatic N) is 1. The van der Waals surface area contributed by atoms with Crippen molar-refractivity contribution in [3.63, 3.8) is 0 Å². The van der Waals surface area contributed by atoms with Crippen molar-refractivity contribution in [3.8, 4) is 6.07 Å². The highest BCUT2D eigenvalue weighted by Crippen LogP contribution is 2.21. The van der Waals surface area contributed by atoms with Crippen molar-refractivity contribution in [2.45, 2.75) is 26.2 Å². The smallest absolute Gasteiger partial charge is 0.101 e. The van der Waals surface area contributed by atoms with Gasteiger partial charge in [0.2, 0.25) is 0 Å². The van der Waals surface area contributed by atoms with Gasteiger partial charge in [0.25, 0.3) is 0 Å². The van der Waals surface area contributed by atoms with Crippen LogP contribution in [0.5, 0.6) is 0 Å². The summed E-state index contributed by atoms with van der Waals surface area (Å²) in [5.74, 6) is 0. The Morgan fingerprint density at radius 1 is 1.46 bits per heavy atom. The second kappa shape index (κ2) is 4.89. The zero-order valence-electron chi connectivity index (χ0n) is 7.68. The summed E-state index contributed by atoms with van der Waals surface area (Å²) >= 11 is 6.02. The van der Waals surface area contributed by atoms with Gasteiger partial charge in [-0.2, -0.15) is 5.26 Å². The van der Waals surface area contributed by atoms with E-state index in [0.29, 0.717) is 10.6 Å². The Morgan fingerprint density at radius 2 is 2.23 bits per heavy atom. The Hall–Kier alpha value is -1.00. The third-order valence-corrected chi connectivity index (χ3v) is 2.45. The van der Waals surface area contributed by atoms with E-state index in [9.17, 15) is 0 Å². The van der Waals surface area contributed by atoms with E-state index in [1.807, 2.05) is 12.1 Å². The molecule has 0 heterocycles. The molecule has 0 unspecified atom stereocenters. The maximum atomic E-state index is 8.73. The van der Waals surface area contributed by atoms with Crippen LogP contribution in [0.4, 0.5) is 0 Å². The third kappa shape index (κ3) is 2.47. The minimum atomic E-state index is 0.579. The predicted molar refractivity (Wildman–Crippen MR) is 54.8 cm³/mol. The number of hydrogen-bond donors (Lipinski definition) is 0. The number of unbranched alkanes of at least 4 members (excludes halogenated alkanes) is 1. The van der Waals surface area contributed by atoms with Crippen LogP contribution < -0.4 is 0 Å². The largest absolute Gasteiger partial charge is 0.192 e. The summed E-state index contributed by atoms with van der Waals surface area (Å²) in [6.07, 6.45) is 3.23. The van der Waals surface area contributed by atoms with Crippen molar-refractivity contribution in [3.05, 3.63) is 34.3 Å². The molecule has 0 amide bonds. The van der Waals surface area contributed by atoms with Gasteiger partial charge in [-0.15, -0.1) is 0 Å². The predicted octanol–water partition coefficient (Wildman–Crippen LogP) is 3.55. The van der Waals surface area contributed by atoms with Gasteiger partial charge in [-0.1, -0.05) is 37.1 Å². The molecule has 0 fully saturated rings. The fraction of sp³-hybridized carbons (Fsp3) is 0.364. The molecule has 0 aliphatic carbocycles. The minimum Gasteiger partial charge on any atom is -0.192 e. The second-order valence-electron chi connectivity index (χ2n) is 2.99. The van der Waals surface area contributed by atoms with Crippen molar-refractivity contribution in [1.82, 2.24) is 0 Å². The first-order valence-electron chi connectivity index (χ1n) is 4.47. The molecule has 0 aliphatic heterocycles. The van der Waals surface area contributed by atoms with E-state index in [0.717, 1.165) is 24.8 Å². The van der Waals surface area contributed by atoms with Crippen molar-refractivity contribution < 1.29 is 0 Å². The molecule has 0 N–H and O–H groups in total. The molecule has 1 nitrogen and oxygen atoms in total. The average Bonchev–Trinajstić information content (AvgIpc) is 2.16. The Balaban J connectivity index is 2.90. The van der Waals surface area contributed by atoms with Crippen LogP contribution in [0.1, 0.15) is 30.9 Å². The normalized spacial score (nSPS) is 9.62. The standard InChI is InChI=1S/C11H12ClN/c1-2-3-5-9-6-4-7-10(8-13)11(9)12/h4,6-7H,2-3,5H2,1H3. The topological polar surface area (TPSA) is 23.8 Å². The van der Waals surface area contributed by atoms with Crippen molar-refractivity contribution >= 4 is 11.6 Å². The first-order chi connectivity index (χ1) is 6.29. The first-order valence-corrected chi connectivity index (χ1v) is 4.85. The van der Waals surface area contributed by atoms with Crippen LogP contribution in [0.2, 0.25) is 5.02 Å². The van der Waals surface area contributed by atoms with Crippen molar-refractivity contribution in [2.24, 2.45) is 0 Å². The molecule has 0 spiro atoms. The van der Waals surface area contributed by atoms with E-state index < -0.39 is 0 Å². The number of aryl methyl sites for hydroxylation is 1. The highest BCUT2D eigenvalue weighted by molar-refractivity contribution is 6.32. The molecule has 68 valence electrons. The molecule has 0 saturated heterocycles. The van der Waals surface area contributed by atoms with E-state index in [4.69, 9.17) is 16.9 Å². The number of benzene rings is 1. The lowest BCUT2D eigenvalue weighted by molar-refractivity contribution is 0.795. The number of hydrogen-bond acceptors (Lipinski definition) is 1. The van der Waals surface area contributed by atoms with Crippen LogP contribution in [-0.2, 0) is 6.42 Å². The van der Waals surface area contributed by atoms with Gasteiger partial charge in [0.1, 0.15) is 6.07 Å². The van der Waals surface area contributed by atoms with Gasteiger partial charge in [-0.05, 0) is 24.5 Å². The third-order valence-electron chi connectivity index (χ3n) is 2.00. The molecular formula is C11H12ClN. The first kappa shape index (κ1) is 10.1. The summed E-state index contributed by atoms with van der Waals surface area (Å²) in [7, 11) is 0. The maximum absolute atomic E-state index is 8.73. The Morgan fingerprint density at radius 3 is 2.85 bits per heavy atom. The van der Waals surface area contributed by atoms with Gasteiger partial charge in [0.05, 0.1) is 10.6 Å². The fourth-order valence-electron chi connectivity index (χ4n) is 1.23. The van der Waals surface area contributed by atoms with Crippen LogP contribution >= 0.6 is 11.6 Å². The lowest BCUT2D eigenvalue weighted by Crippen LogP contribution is -1.88. The van der Waals surface area contributed by atoms with Gasteiger partial charge >= 0.3 is 0 Å². The van der Waals surface area contributed by atoms with E-state index >= 15 is 0 Å². The summed E-state index contributed by atoms with van der Waals surface area (Å²) in [5.41, 5.74) is 1.66. The molecule has 1 aromatic carbocycles. The van der Waals surface area contributed by atoms with Crippen LogP contribution in [-0.4, -0.2) is 0 Å². The lowest BCUT2D eigenvalue weighted by atomic mass is 10.1. The van der Waals surface area contributed by atoms with Crippen molar-refractivity contribution in [2.75, 3.05) is 0 Å². The zero-order chi connectivity index (χ0) is 9.68. The molecule has 1 rings (SSSR count). The summed E-state index contributed by atoms with van der Waals surface area (Å²) in [4.78, 5) is 0. The summed E-state index contributed by atoms with van der Waals surface area (Å²) < 4.78 is 0. The Kier molecular flexibility index (Phi) is 3.79. The number of rotatable bonds is 3. The molecule has 13 heavy (non-hydrogen) atoms. The summed E-state index contributed by atoms with van der Waals surface area (Å²) in [6, 6.07) is 7.70. The van der Waals surface area contributed by atoms with Gasteiger partial charge in [-0.25, -0.2) is 0 Å². The minimum absolute atomic E-state index is 0.579. The van der Waals surface area contributed by atoms with E-state index in [2.05, 4.69) is 13.0 Å². The second-order valence-corrected chi connectivity index (χ2v) is 3.37. The van der Waals surface area contributed by atoms with E-state index in [-0.39, 0.29) is 0 Å².